The van der Waals surface area contributed by atoms with Crippen molar-refractivity contribution in [2.24, 2.45) is 0 Å². The third kappa shape index (κ3) is 2.78. The SMILES string of the molecule is O=Cc1c(Cl)cnc(-c2cccc(C(F)(F)F)c2)c1Cl. The lowest BCUT2D eigenvalue weighted by Gasteiger charge is -2.10. The Morgan fingerprint density at radius 3 is 2.50 bits per heavy atom. The molecule has 2 rings (SSSR count). The Kier molecular flexibility index (Phi) is 4.01. The molecule has 2 nitrogen and oxygen atoms in total. The summed E-state index contributed by atoms with van der Waals surface area (Å²) in [4.78, 5) is 14.8. The summed E-state index contributed by atoms with van der Waals surface area (Å²) in [7, 11) is 0. The van der Waals surface area contributed by atoms with Crippen molar-refractivity contribution in [2.45, 2.75) is 6.18 Å². The van der Waals surface area contributed by atoms with Crippen LogP contribution >= 0.6 is 23.2 Å². The fraction of sp³-hybridized carbons (Fsp3) is 0.0769. The molecule has 0 unspecified atom stereocenters. The van der Waals surface area contributed by atoms with Crippen molar-refractivity contribution in [1.29, 1.82) is 0 Å². The van der Waals surface area contributed by atoms with Gasteiger partial charge in [0.15, 0.2) is 6.29 Å². The van der Waals surface area contributed by atoms with Crippen LogP contribution in [0.3, 0.4) is 0 Å². The summed E-state index contributed by atoms with van der Waals surface area (Å²) in [6.45, 7) is 0. The van der Waals surface area contributed by atoms with Crippen molar-refractivity contribution < 1.29 is 18.0 Å². The molecule has 1 heterocycles. The van der Waals surface area contributed by atoms with Gasteiger partial charge in [0.2, 0.25) is 0 Å². The molecule has 0 saturated heterocycles. The Morgan fingerprint density at radius 2 is 1.90 bits per heavy atom. The molecular weight excluding hydrogens is 314 g/mol. The molecule has 1 aromatic heterocycles. The number of alkyl halides is 3. The quantitative estimate of drug-likeness (QED) is 0.738. The molecule has 104 valence electrons. The van der Waals surface area contributed by atoms with E-state index in [0.29, 0.717) is 6.29 Å². The van der Waals surface area contributed by atoms with Crippen molar-refractivity contribution in [2.75, 3.05) is 0 Å². The van der Waals surface area contributed by atoms with Crippen LogP contribution in [-0.4, -0.2) is 11.3 Å². The highest BCUT2D eigenvalue weighted by atomic mass is 35.5. The second-order valence-electron chi connectivity index (χ2n) is 3.88. The zero-order chi connectivity index (χ0) is 14.9. The van der Waals surface area contributed by atoms with Crippen molar-refractivity contribution in [3.8, 4) is 11.3 Å². The summed E-state index contributed by atoms with van der Waals surface area (Å²) in [5, 5.41) is -0.0347. The predicted octanol–water partition coefficient (Wildman–Crippen LogP) is 4.89. The lowest BCUT2D eigenvalue weighted by Crippen LogP contribution is -2.04. The lowest BCUT2D eigenvalue weighted by atomic mass is 10.1. The van der Waals surface area contributed by atoms with Crippen LogP contribution in [0.15, 0.2) is 30.5 Å². The van der Waals surface area contributed by atoms with Crippen LogP contribution < -0.4 is 0 Å². The molecule has 20 heavy (non-hydrogen) atoms. The van der Waals surface area contributed by atoms with Crippen LogP contribution in [0.5, 0.6) is 0 Å². The predicted molar refractivity (Wildman–Crippen MR) is 70.1 cm³/mol. The summed E-state index contributed by atoms with van der Waals surface area (Å²) in [6, 6.07) is 4.52. The van der Waals surface area contributed by atoms with E-state index in [2.05, 4.69) is 4.98 Å². The monoisotopic (exact) mass is 319 g/mol. The van der Waals surface area contributed by atoms with Crippen LogP contribution in [-0.2, 0) is 6.18 Å². The molecule has 0 bridgehead atoms. The number of carbonyl (C=O) groups is 1. The van der Waals surface area contributed by atoms with Crippen molar-refractivity contribution >= 4 is 29.5 Å². The number of aromatic nitrogens is 1. The van der Waals surface area contributed by atoms with Crippen molar-refractivity contribution in [3.05, 3.63) is 51.6 Å². The normalized spacial score (nSPS) is 11.4. The molecule has 0 aliphatic carbocycles. The van der Waals surface area contributed by atoms with Gasteiger partial charge in [-0.2, -0.15) is 13.2 Å². The topological polar surface area (TPSA) is 30.0 Å². The largest absolute Gasteiger partial charge is 0.416 e. The van der Waals surface area contributed by atoms with Gasteiger partial charge in [-0.05, 0) is 12.1 Å². The minimum Gasteiger partial charge on any atom is -0.298 e. The van der Waals surface area contributed by atoms with Crippen LogP contribution in [0.2, 0.25) is 10.0 Å². The zero-order valence-corrected chi connectivity index (χ0v) is 11.2. The summed E-state index contributed by atoms with van der Waals surface area (Å²) >= 11 is 11.7. The molecule has 0 spiro atoms. The first-order valence-corrected chi connectivity index (χ1v) is 6.07. The summed E-state index contributed by atoms with van der Waals surface area (Å²) in [5.74, 6) is 0. The van der Waals surface area contributed by atoms with E-state index in [-0.39, 0.29) is 26.9 Å². The number of nitrogens with zero attached hydrogens (tertiary/aromatic N) is 1. The van der Waals surface area contributed by atoms with Gasteiger partial charge in [-0.3, -0.25) is 9.78 Å². The van der Waals surface area contributed by atoms with Crippen LogP contribution in [0.4, 0.5) is 13.2 Å². The second kappa shape index (κ2) is 5.42. The van der Waals surface area contributed by atoms with E-state index in [1.54, 1.807) is 0 Å². The van der Waals surface area contributed by atoms with Gasteiger partial charge in [-0.25, -0.2) is 0 Å². The van der Waals surface area contributed by atoms with E-state index in [1.807, 2.05) is 0 Å². The first kappa shape index (κ1) is 14.8. The van der Waals surface area contributed by atoms with Crippen molar-refractivity contribution in [3.63, 3.8) is 0 Å². The fourth-order valence-electron chi connectivity index (χ4n) is 1.63. The Balaban J connectivity index is 2.61. The van der Waals surface area contributed by atoms with E-state index >= 15 is 0 Å². The zero-order valence-electron chi connectivity index (χ0n) is 9.71. The first-order valence-electron chi connectivity index (χ1n) is 5.31. The molecule has 0 radical (unpaired) electrons. The van der Waals surface area contributed by atoms with Gasteiger partial charge in [0.25, 0.3) is 0 Å². The van der Waals surface area contributed by atoms with Gasteiger partial charge in [0.05, 0.1) is 26.9 Å². The summed E-state index contributed by atoms with van der Waals surface area (Å²) in [5.41, 5.74) is -0.597. The average Bonchev–Trinajstić information content (AvgIpc) is 2.38. The van der Waals surface area contributed by atoms with E-state index in [9.17, 15) is 18.0 Å². The molecule has 0 N–H and O–H groups in total. The van der Waals surface area contributed by atoms with Crippen molar-refractivity contribution in [1.82, 2.24) is 4.98 Å². The number of pyridine rings is 1. The lowest BCUT2D eigenvalue weighted by molar-refractivity contribution is -0.137. The third-order valence-electron chi connectivity index (χ3n) is 2.59. The number of hydrogen-bond donors (Lipinski definition) is 0. The van der Waals surface area contributed by atoms with Crippen LogP contribution in [0.25, 0.3) is 11.3 Å². The van der Waals surface area contributed by atoms with Crippen LogP contribution in [0, 0.1) is 0 Å². The van der Waals surface area contributed by atoms with Gasteiger partial charge in [-0.15, -0.1) is 0 Å². The van der Waals surface area contributed by atoms with E-state index < -0.39 is 11.7 Å². The molecule has 0 saturated carbocycles. The van der Waals surface area contributed by atoms with Gasteiger partial charge < -0.3 is 0 Å². The average molecular weight is 320 g/mol. The number of rotatable bonds is 2. The third-order valence-corrected chi connectivity index (χ3v) is 3.27. The minimum absolute atomic E-state index is 0.00394. The molecule has 0 amide bonds. The maximum absolute atomic E-state index is 12.7. The van der Waals surface area contributed by atoms with E-state index in [4.69, 9.17) is 23.2 Å². The maximum atomic E-state index is 12.7. The Labute approximate surface area is 122 Å². The number of carbonyl (C=O) groups excluding carboxylic acids is 1. The standard InChI is InChI=1S/C13H6Cl2F3NO/c14-10-5-19-12(11(15)9(10)6-20)7-2-1-3-8(4-7)13(16,17)18/h1-6H. The van der Waals surface area contributed by atoms with E-state index in [0.717, 1.165) is 12.1 Å². The number of hydrogen-bond acceptors (Lipinski definition) is 2. The molecule has 0 fully saturated rings. The molecular formula is C13H6Cl2F3NO. The summed E-state index contributed by atoms with van der Waals surface area (Å²) < 4.78 is 38.0. The van der Waals surface area contributed by atoms with Gasteiger partial charge >= 0.3 is 6.18 Å². The number of aldehydes is 1. The van der Waals surface area contributed by atoms with E-state index in [1.165, 1.54) is 18.3 Å². The minimum atomic E-state index is -4.47. The first-order chi connectivity index (χ1) is 9.34. The fourth-order valence-corrected chi connectivity index (χ4v) is 2.17. The highest BCUT2D eigenvalue weighted by Gasteiger charge is 2.30. The molecule has 7 heteroatoms. The molecule has 1 aromatic carbocycles. The Bertz CT molecular complexity index is 671. The highest BCUT2D eigenvalue weighted by Crippen LogP contribution is 2.35. The Hall–Kier alpha value is -1.59. The Morgan fingerprint density at radius 1 is 1.20 bits per heavy atom. The summed E-state index contributed by atoms with van der Waals surface area (Å²) in [6.07, 6.45) is -2.86. The van der Waals surface area contributed by atoms with Gasteiger partial charge in [0, 0.05) is 11.8 Å². The smallest absolute Gasteiger partial charge is 0.298 e. The van der Waals surface area contributed by atoms with Gasteiger partial charge in [-0.1, -0.05) is 35.3 Å². The highest BCUT2D eigenvalue weighted by molar-refractivity contribution is 6.39. The van der Waals surface area contributed by atoms with Gasteiger partial charge in [0.1, 0.15) is 0 Å². The van der Waals surface area contributed by atoms with Crippen LogP contribution in [0.1, 0.15) is 15.9 Å². The molecule has 2 aromatic rings. The number of benzene rings is 1. The molecule has 0 aliphatic heterocycles. The molecule has 0 aliphatic rings. The maximum Gasteiger partial charge on any atom is 0.416 e. The number of halogens is 5. The second-order valence-corrected chi connectivity index (χ2v) is 4.66. The molecule has 0 atom stereocenters.